The number of pyridine rings is 2. The maximum Gasteiger partial charge on any atom is 0.254 e. The number of ketones is 1. The summed E-state index contributed by atoms with van der Waals surface area (Å²) in [7, 11) is -0.701. The van der Waals surface area contributed by atoms with Gasteiger partial charge in [-0.25, -0.2) is 12.7 Å². The highest BCUT2D eigenvalue weighted by molar-refractivity contribution is 7.89. The summed E-state index contributed by atoms with van der Waals surface area (Å²) in [6, 6.07) is 22.0. The lowest BCUT2D eigenvalue weighted by Gasteiger charge is -2.28. The summed E-state index contributed by atoms with van der Waals surface area (Å²) in [5.74, 6) is -0.265. The van der Waals surface area contributed by atoms with Gasteiger partial charge in [-0.3, -0.25) is 24.5 Å². The Morgan fingerprint density at radius 3 is 1.93 bits per heavy atom. The van der Waals surface area contributed by atoms with Crippen LogP contribution in [-0.2, 0) is 34.2 Å². The van der Waals surface area contributed by atoms with Crippen molar-refractivity contribution in [2.75, 3.05) is 14.1 Å². The maximum absolute atomic E-state index is 14.5. The van der Waals surface area contributed by atoms with E-state index in [0.717, 1.165) is 15.4 Å². The van der Waals surface area contributed by atoms with E-state index in [0.29, 0.717) is 35.4 Å². The number of nitrogens with one attached hydrogen (secondary N) is 1. The SMILES string of the molecule is CN(C)S(=O)(=O)c1ccc(CN2C(=O)C(Cc3ccncc3)(Cc3ccncc3)N/C2=C\C(=O)c2ccc(C#N)cc2)cc1. The van der Waals surface area contributed by atoms with E-state index in [1.165, 1.54) is 37.2 Å². The molecule has 1 saturated heterocycles. The van der Waals surface area contributed by atoms with E-state index in [-0.39, 0.29) is 23.1 Å². The summed E-state index contributed by atoms with van der Waals surface area (Å²) in [4.78, 5) is 37.8. The number of nitrogens with zero attached hydrogens (tertiary/aromatic N) is 5. The molecule has 11 heteroatoms. The van der Waals surface area contributed by atoms with Gasteiger partial charge in [-0.1, -0.05) is 12.1 Å². The quantitative estimate of drug-likeness (QED) is 0.214. The van der Waals surface area contributed by atoms with Crippen LogP contribution in [0, 0.1) is 11.3 Å². The molecule has 1 amide bonds. The highest BCUT2D eigenvalue weighted by atomic mass is 32.2. The summed E-state index contributed by atoms with van der Waals surface area (Å²) in [6.07, 6.45) is 8.70. The Hall–Kier alpha value is -5.18. The van der Waals surface area contributed by atoms with E-state index in [9.17, 15) is 18.0 Å². The molecule has 3 heterocycles. The largest absolute Gasteiger partial charge is 0.357 e. The van der Waals surface area contributed by atoms with Crippen molar-refractivity contribution in [3.63, 3.8) is 0 Å². The molecule has 0 unspecified atom stereocenters. The summed E-state index contributed by atoms with van der Waals surface area (Å²) in [6.45, 7) is 0.0923. The molecule has 1 fully saturated rings. The fourth-order valence-corrected chi connectivity index (χ4v) is 5.98. The molecule has 0 aliphatic carbocycles. The minimum absolute atomic E-state index is 0.0923. The molecule has 1 aliphatic heterocycles. The Balaban J connectivity index is 1.56. The zero-order chi connectivity index (χ0) is 31.3. The topological polar surface area (TPSA) is 136 Å². The summed E-state index contributed by atoms with van der Waals surface area (Å²) in [5, 5.41) is 12.6. The van der Waals surface area contributed by atoms with E-state index in [2.05, 4.69) is 15.3 Å². The number of carbonyl (C=O) groups excluding carboxylic acids is 2. The van der Waals surface area contributed by atoms with Gasteiger partial charge in [-0.05, 0) is 77.4 Å². The smallest absolute Gasteiger partial charge is 0.254 e. The van der Waals surface area contributed by atoms with Crippen molar-refractivity contribution < 1.29 is 18.0 Å². The second kappa shape index (κ2) is 12.6. The Kier molecular flexibility index (Phi) is 8.66. The van der Waals surface area contributed by atoms with Crippen LogP contribution in [-0.4, -0.2) is 58.9 Å². The number of aromatic nitrogens is 2. The van der Waals surface area contributed by atoms with Crippen molar-refractivity contribution in [3.8, 4) is 6.07 Å². The van der Waals surface area contributed by atoms with Crippen molar-refractivity contribution >= 4 is 21.7 Å². The van der Waals surface area contributed by atoms with Crippen LogP contribution in [0.4, 0.5) is 0 Å². The molecule has 1 N–H and O–H groups in total. The van der Waals surface area contributed by atoms with Gasteiger partial charge in [0.05, 0.1) is 23.1 Å². The monoisotopic (exact) mass is 606 g/mol. The first-order chi connectivity index (χ1) is 21.1. The lowest BCUT2D eigenvalue weighted by molar-refractivity contribution is -0.132. The lowest BCUT2D eigenvalue weighted by Crippen LogP contribution is -2.50. The number of benzene rings is 2. The van der Waals surface area contributed by atoms with E-state index in [1.54, 1.807) is 61.2 Å². The van der Waals surface area contributed by atoms with E-state index in [4.69, 9.17) is 5.26 Å². The molecule has 0 spiro atoms. The van der Waals surface area contributed by atoms with Crippen LogP contribution in [0.25, 0.3) is 0 Å². The van der Waals surface area contributed by atoms with Gasteiger partial charge in [0.1, 0.15) is 11.4 Å². The normalized spacial score (nSPS) is 15.3. The van der Waals surface area contributed by atoms with Gasteiger partial charge in [0, 0.05) is 63.4 Å². The second-order valence-corrected chi connectivity index (χ2v) is 12.8. The first-order valence-corrected chi connectivity index (χ1v) is 15.2. The van der Waals surface area contributed by atoms with Crippen LogP contribution >= 0.6 is 0 Å². The summed E-state index contributed by atoms with van der Waals surface area (Å²) >= 11 is 0. The molecule has 0 saturated carbocycles. The van der Waals surface area contributed by atoms with Crippen LogP contribution in [0.5, 0.6) is 0 Å². The zero-order valence-corrected chi connectivity index (χ0v) is 25.0. The van der Waals surface area contributed by atoms with Crippen molar-refractivity contribution in [2.24, 2.45) is 0 Å². The number of carbonyl (C=O) groups is 2. The number of rotatable bonds is 10. The minimum atomic E-state index is -3.63. The number of nitriles is 1. The third-order valence-electron chi connectivity index (χ3n) is 7.43. The Morgan fingerprint density at radius 1 is 0.886 bits per heavy atom. The van der Waals surface area contributed by atoms with Gasteiger partial charge in [-0.2, -0.15) is 5.26 Å². The first kappa shape index (κ1) is 30.3. The van der Waals surface area contributed by atoms with Gasteiger partial charge in [0.25, 0.3) is 5.91 Å². The number of sulfonamides is 1. The van der Waals surface area contributed by atoms with Crippen LogP contribution in [0.3, 0.4) is 0 Å². The van der Waals surface area contributed by atoms with Crippen LogP contribution in [0.1, 0.15) is 32.6 Å². The van der Waals surface area contributed by atoms with Gasteiger partial charge < -0.3 is 5.32 Å². The van der Waals surface area contributed by atoms with Crippen LogP contribution in [0.15, 0.2) is 114 Å². The molecule has 44 heavy (non-hydrogen) atoms. The van der Waals surface area contributed by atoms with Gasteiger partial charge in [0.15, 0.2) is 5.78 Å². The van der Waals surface area contributed by atoms with Crippen molar-refractivity contribution in [1.82, 2.24) is 24.5 Å². The molecule has 222 valence electrons. The van der Waals surface area contributed by atoms with Crippen LogP contribution in [0.2, 0.25) is 0 Å². The zero-order valence-electron chi connectivity index (χ0n) is 24.2. The predicted molar refractivity (Wildman–Crippen MR) is 163 cm³/mol. The number of hydrogen-bond acceptors (Lipinski definition) is 8. The molecule has 4 aromatic rings. The average molecular weight is 607 g/mol. The molecule has 10 nitrogen and oxygen atoms in total. The Labute approximate surface area is 256 Å². The van der Waals surface area contributed by atoms with Crippen molar-refractivity contribution in [1.29, 1.82) is 5.26 Å². The molecule has 2 aromatic heterocycles. The highest BCUT2D eigenvalue weighted by Gasteiger charge is 2.49. The van der Waals surface area contributed by atoms with Gasteiger partial charge in [0.2, 0.25) is 10.0 Å². The Morgan fingerprint density at radius 2 is 1.43 bits per heavy atom. The maximum atomic E-state index is 14.5. The van der Waals surface area contributed by atoms with Gasteiger partial charge in [-0.15, -0.1) is 0 Å². The standard InChI is InChI=1S/C33H30N6O4S/c1-38(2)44(42,43)29-9-5-27(6-10-29)23-39-31(19-30(40)28-7-3-26(22-34)4-8-28)37-33(32(39)41,20-24-11-15-35-16-12-24)21-25-13-17-36-18-14-25/h3-19,37H,20-21,23H2,1-2H3/b31-19+. The fourth-order valence-electron chi connectivity index (χ4n) is 5.08. The number of allylic oxidation sites excluding steroid dienone is 1. The van der Waals surface area contributed by atoms with E-state index < -0.39 is 15.6 Å². The third kappa shape index (κ3) is 6.41. The molecular formula is C33H30N6O4S. The molecule has 5 rings (SSSR count). The summed E-state index contributed by atoms with van der Waals surface area (Å²) in [5.41, 5.74) is 2.09. The number of amides is 1. The number of hydrogen-bond donors (Lipinski definition) is 1. The second-order valence-electron chi connectivity index (χ2n) is 10.7. The summed E-state index contributed by atoms with van der Waals surface area (Å²) < 4.78 is 26.3. The molecule has 2 aromatic carbocycles. The molecule has 0 atom stereocenters. The third-order valence-corrected chi connectivity index (χ3v) is 9.26. The molecule has 1 aliphatic rings. The van der Waals surface area contributed by atoms with Gasteiger partial charge >= 0.3 is 0 Å². The fraction of sp³-hybridized carbons (Fsp3) is 0.182. The average Bonchev–Trinajstić information content (AvgIpc) is 3.27. The van der Waals surface area contributed by atoms with Crippen molar-refractivity contribution in [3.05, 3.63) is 137 Å². The first-order valence-electron chi connectivity index (χ1n) is 13.8. The minimum Gasteiger partial charge on any atom is -0.357 e. The molecule has 0 bridgehead atoms. The lowest BCUT2D eigenvalue weighted by atomic mass is 9.85. The Bertz CT molecular complexity index is 1790. The van der Waals surface area contributed by atoms with Crippen molar-refractivity contribution in [2.45, 2.75) is 29.8 Å². The van der Waals surface area contributed by atoms with E-state index >= 15 is 0 Å². The molecule has 0 radical (unpaired) electrons. The predicted octanol–water partition coefficient (Wildman–Crippen LogP) is 3.48. The van der Waals surface area contributed by atoms with Crippen LogP contribution < -0.4 is 5.32 Å². The highest BCUT2D eigenvalue weighted by Crippen LogP contribution is 2.32. The molecular weight excluding hydrogens is 576 g/mol. The van der Waals surface area contributed by atoms with E-state index in [1.807, 2.05) is 30.3 Å².